The molecule has 21 heteroatoms. The molecule has 1 heterocycles. The molecule has 9 atom stereocenters. The molecular weight excluding hydrogens is 905 g/mol. The fourth-order valence-corrected chi connectivity index (χ4v) is 7.98. The third-order valence-corrected chi connectivity index (χ3v) is 12.3. The molecule has 11 N–H and O–H groups in total. The Labute approximate surface area is 416 Å². The lowest BCUT2D eigenvalue weighted by molar-refractivity contribution is -0.144. The topological polar surface area (TPSA) is 314 Å². The first-order valence-corrected chi connectivity index (χ1v) is 24.3. The van der Waals surface area contributed by atoms with E-state index >= 15 is 0 Å². The van der Waals surface area contributed by atoms with Gasteiger partial charge in [-0.15, -0.1) is 0 Å². The van der Waals surface area contributed by atoms with Crippen LogP contribution in [0.4, 0.5) is 15.3 Å². The number of nitrogens with one attached hydrogen (secondary N) is 3. The second-order valence-corrected chi connectivity index (χ2v) is 18.6. The van der Waals surface area contributed by atoms with Crippen LogP contribution in [-0.2, 0) is 49.6 Å². The number of methoxy groups -OCH3 is 2. The van der Waals surface area contributed by atoms with E-state index in [9.17, 15) is 38.4 Å². The molecule has 21 nitrogen and oxygen atoms in total. The minimum atomic E-state index is -0.891. The number of carbonyl (C=O) groups is 8. The number of primary amides is 3. The molecular formula is C49H88N10O11. The molecule has 9 amide bonds. The first-order valence-electron chi connectivity index (χ1n) is 24.3. The average molecular weight is 993 g/mol. The number of hydrogen-bond donors (Lipinski definition) is 7. The molecule has 0 spiro atoms. The fraction of sp³-hybridized carbons (Fsp3) is 0.714. The van der Waals surface area contributed by atoms with Crippen molar-refractivity contribution in [1.29, 1.82) is 0 Å². The highest BCUT2D eigenvalue weighted by molar-refractivity contribution is 5.98. The number of likely N-dealkylation sites (tertiary alicyclic amines) is 1. The third-order valence-electron chi connectivity index (χ3n) is 12.3. The largest absolute Gasteiger partial charge is 0.445 e. The number of nitrogens with two attached hydrogens (primary N) is 4. The van der Waals surface area contributed by atoms with E-state index in [4.69, 9.17) is 37.1 Å². The Kier molecular flexibility index (Phi) is 30.5. The van der Waals surface area contributed by atoms with E-state index in [0.717, 1.165) is 19.3 Å². The average Bonchev–Trinajstić information content (AvgIpc) is 3.78. The molecule has 1 fully saturated rings. The van der Waals surface area contributed by atoms with E-state index in [1.807, 2.05) is 0 Å². The van der Waals surface area contributed by atoms with Crippen LogP contribution in [0.1, 0.15) is 120 Å². The van der Waals surface area contributed by atoms with Crippen LogP contribution in [0.15, 0.2) is 24.3 Å². The van der Waals surface area contributed by atoms with Gasteiger partial charge in [-0.1, -0.05) is 87.3 Å². The molecule has 1 aliphatic rings. The SMILES string of the molecule is CC(C)C(N)C(=O)NC(CCCNC(N)=O)C(=O)Nc1ccc(COC(=O)N(C)C(C(N)=O)C(C)C)cc1.CCC.CCC(C)C(C(CC(=O)N1CCCC1C(OC)C(C)C(N)=O)OC)N(C)C(C)=O. The zero-order valence-corrected chi connectivity index (χ0v) is 44.4. The van der Waals surface area contributed by atoms with Crippen LogP contribution >= 0.6 is 0 Å². The molecule has 1 aromatic carbocycles. The van der Waals surface area contributed by atoms with Gasteiger partial charge >= 0.3 is 12.1 Å². The van der Waals surface area contributed by atoms with Gasteiger partial charge in [0.25, 0.3) is 0 Å². The van der Waals surface area contributed by atoms with E-state index in [0.29, 0.717) is 24.2 Å². The number of carbonyl (C=O) groups excluding carboxylic acids is 8. The molecule has 2 rings (SSSR count). The summed E-state index contributed by atoms with van der Waals surface area (Å²) in [6.45, 7) is 19.6. The van der Waals surface area contributed by atoms with Crippen LogP contribution in [0.25, 0.3) is 0 Å². The molecule has 0 radical (unpaired) electrons. The molecule has 0 aliphatic carbocycles. The maximum atomic E-state index is 13.2. The molecule has 400 valence electrons. The van der Waals surface area contributed by atoms with Crippen molar-refractivity contribution in [3.05, 3.63) is 29.8 Å². The van der Waals surface area contributed by atoms with E-state index in [-0.39, 0.29) is 67.6 Å². The lowest BCUT2D eigenvalue weighted by atomic mass is 9.90. The van der Waals surface area contributed by atoms with E-state index in [1.54, 1.807) is 90.0 Å². The van der Waals surface area contributed by atoms with Crippen molar-refractivity contribution in [2.24, 2.45) is 46.6 Å². The Bertz CT molecular complexity index is 1800. The summed E-state index contributed by atoms with van der Waals surface area (Å²) < 4.78 is 16.5. The maximum Gasteiger partial charge on any atom is 0.410 e. The summed E-state index contributed by atoms with van der Waals surface area (Å²) in [7, 11) is 6.33. The second kappa shape index (κ2) is 33.1. The summed E-state index contributed by atoms with van der Waals surface area (Å²) in [6, 6.07) is 3.03. The summed E-state index contributed by atoms with van der Waals surface area (Å²) in [6.07, 6.45) is 2.99. The molecule has 0 aromatic heterocycles. The van der Waals surface area contributed by atoms with Gasteiger partial charge in [0.15, 0.2) is 0 Å². The first kappa shape index (κ1) is 64.5. The number of nitrogens with zero attached hydrogens (tertiary/aromatic N) is 3. The van der Waals surface area contributed by atoms with Gasteiger partial charge in [-0.2, -0.15) is 0 Å². The van der Waals surface area contributed by atoms with Crippen molar-refractivity contribution in [3.63, 3.8) is 0 Å². The van der Waals surface area contributed by atoms with Gasteiger partial charge in [0.05, 0.1) is 42.7 Å². The smallest absolute Gasteiger partial charge is 0.410 e. The normalized spacial score (nSPS) is 16.5. The van der Waals surface area contributed by atoms with Gasteiger partial charge < -0.3 is 62.9 Å². The lowest BCUT2D eigenvalue weighted by Crippen LogP contribution is -2.52. The molecule has 70 heavy (non-hydrogen) atoms. The van der Waals surface area contributed by atoms with Crippen LogP contribution in [0.2, 0.25) is 0 Å². The maximum absolute atomic E-state index is 13.2. The number of ether oxygens (including phenoxy) is 3. The van der Waals surface area contributed by atoms with E-state index in [2.05, 4.69) is 43.6 Å². The van der Waals surface area contributed by atoms with Crippen LogP contribution in [0.3, 0.4) is 0 Å². The van der Waals surface area contributed by atoms with Crippen LogP contribution in [-0.4, -0.2) is 146 Å². The number of amides is 9. The Morgan fingerprint density at radius 1 is 0.829 bits per heavy atom. The number of anilines is 1. The van der Waals surface area contributed by atoms with Crippen molar-refractivity contribution >= 4 is 53.3 Å². The number of likely N-dealkylation sites (N-methyl/N-ethyl adjacent to an activating group) is 2. The van der Waals surface area contributed by atoms with Crippen LogP contribution in [0, 0.1) is 23.7 Å². The summed E-state index contributed by atoms with van der Waals surface area (Å²) in [5, 5.41) is 7.85. The second-order valence-electron chi connectivity index (χ2n) is 18.6. The van der Waals surface area contributed by atoms with Crippen molar-refractivity contribution in [3.8, 4) is 0 Å². The Morgan fingerprint density at radius 2 is 1.41 bits per heavy atom. The van der Waals surface area contributed by atoms with Crippen molar-refractivity contribution < 1.29 is 52.6 Å². The van der Waals surface area contributed by atoms with Crippen molar-refractivity contribution in [2.75, 3.05) is 46.7 Å². The van der Waals surface area contributed by atoms with Crippen molar-refractivity contribution in [2.45, 2.75) is 163 Å². The summed E-state index contributed by atoms with van der Waals surface area (Å²) in [5.41, 5.74) is 22.9. The summed E-state index contributed by atoms with van der Waals surface area (Å²) >= 11 is 0. The highest BCUT2D eigenvalue weighted by Crippen LogP contribution is 2.29. The van der Waals surface area contributed by atoms with Gasteiger partial charge in [0.2, 0.25) is 35.4 Å². The van der Waals surface area contributed by atoms with Crippen LogP contribution in [0.5, 0.6) is 0 Å². The number of rotatable bonds is 25. The van der Waals surface area contributed by atoms with Gasteiger partial charge in [0, 0.05) is 54.0 Å². The van der Waals surface area contributed by atoms with Crippen molar-refractivity contribution in [1.82, 2.24) is 25.3 Å². The van der Waals surface area contributed by atoms with E-state index < -0.39 is 72.0 Å². The number of benzene rings is 1. The zero-order valence-electron chi connectivity index (χ0n) is 44.4. The molecule has 1 saturated heterocycles. The highest BCUT2D eigenvalue weighted by atomic mass is 16.6. The quantitative estimate of drug-likeness (QED) is 0.0693. The Balaban J connectivity index is 0.00000133. The first-order chi connectivity index (χ1) is 32.7. The number of hydrogen-bond acceptors (Lipinski definition) is 12. The molecule has 0 bridgehead atoms. The summed E-state index contributed by atoms with van der Waals surface area (Å²) in [4.78, 5) is 102. The third kappa shape index (κ3) is 21.6. The minimum Gasteiger partial charge on any atom is -0.445 e. The predicted molar refractivity (Wildman–Crippen MR) is 269 cm³/mol. The van der Waals surface area contributed by atoms with E-state index in [1.165, 1.54) is 25.3 Å². The van der Waals surface area contributed by atoms with Gasteiger partial charge in [-0.3, -0.25) is 33.7 Å². The molecule has 1 aliphatic heterocycles. The zero-order chi connectivity index (χ0) is 54.0. The minimum absolute atomic E-state index is 0.0525. The molecule has 9 unspecified atom stereocenters. The monoisotopic (exact) mass is 993 g/mol. The lowest BCUT2D eigenvalue weighted by Gasteiger charge is -2.38. The standard InChI is InChI=1S/C25H41N7O6.C21H39N3O5.C3H8/c1-14(2)19(26)23(35)31-18(7-6-12-29-24(28)36)22(34)30-17-10-8-16(9-11-17)13-38-25(37)32(5)20(15(3)4)21(27)33;1-8-13(2)19(23(5)15(4)25)17(28-6)12-18(26)24-11-9-10-16(24)20(29-7)14(3)21(22)27;1-3-2/h8-11,14-15,18-20H,6-7,12-13,26H2,1-5H3,(H2,27,33)(H,30,34)(H,31,35)(H3,28,29,36);13-14,16-17,19-20H,8-12H2,1-7H3,(H2,22,27);3H2,1-2H3. The highest BCUT2D eigenvalue weighted by Gasteiger charge is 2.41. The Hall–Kier alpha value is -5.54. The van der Waals surface area contributed by atoms with Gasteiger partial charge in [0.1, 0.15) is 18.7 Å². The molecule has 0 saturated carbocycles. The van der Waals surface area contributed by atoms with Gasteiger partial charge in [-0.05, 0) is 61.1 Å². The summed E-state index contributed by atoms with van der Waals surface area (Å²) in [5.74, 6) is -2.70. The Morgan fingerprint density at radius 3 is 1.87 bits per heavy atom. The molecule has 1 aromatic rings. The fourth-order valence-electron chi connectivity index (χ4n) is 7.98. The number of urea groups is 1. The van der Waals surface area contributed by atoms with Crippen LogP contribution < -0.4 is 38.9 Å². The predicted octanol–water partition coefficient (Wildman–Crippen LogP) is 3.45. The van der Waals surface area contributed by atoms with Gasteiger partial charge in [-0.25, -0.2) is 9.59 Å².